The predicted molar refractivity (Wildman–Crippen MR) is 126 cm³/mol. The van der Waals surface area contributed by atoms with Crippen molar-refractivity contribution in [2.45, 2.75) is 90.9 Å². The molecular formula is C27H39FN2O. The van der Waals surface area contributed by atoms with E-state index in [0.717, 1.165) is 30.2 Å². The Morgan fingerprint density at radius 2 is 1.68 bits per heavy atom. The highest BCUT2D eigenvalue weighted by molar-refractivity contribution is 5.60. The molecule has 1 aliphatic rings. The molecule has 1 fully saturated rings. The van der Waals surface area contributed by atoms with Crippen molar-refractivity contribution in [3.05, 3.63) is 41.7 Å². The lowest BCUT2D eigenvalue weighted by atomic mass is 9.78. The van der Waals surface area contributed by atoms with Crippen molar-refractivity contribution in [2.24, 2.45) is 11.8 Å². The average molecular weight is 427 g/mol. The lowest BCUT2D eigenvalue weighted by molar-refractivity contribution is 0.259. The first-order valence-electron chi connectivity index (χ1n) is 12.4. The van der Waals surface area contributed by atoms with E-state index in [1.807, 2.05) is 12.1 Å². The Morgan fingerprint density at radius 3 is 2.35 bits per heavy atom. The number of aromatic nitrogens is 2. The van der Waals surface area contributed by atoms with Crippen LogP contribution in [0, 0.1) is 17.7 Å². The van der Waals surface area contributed by atoms with Gasteiger partial charge in [-0.3, -0.25) is 0 Å². The van der Waals surface area contributed by atoms with Gasteiger partial charge in [0.15, 0.2) is 0 Å². The molecule has 0 saturated heterocycles. The van der Waals surface area contributed by atoms with Gasteiger partial charge in [0.25, 0.3) is 0 Å². The van der Waals surface area contributed by atoms with Crippen molar-refractivity contribution in [1.29, 1.82) is 0 Å². The summed E-state index contributed by atoms with van der Waals surface area (Å²) in [6.07, 6.45) is 14.8. The minimum absolute atomic E-state index is 0.217. The minimum atomic E-state index is -0.217. The normalized spacial score (nSPS) is 18.8. The number of rotatable bonds is 12. The first-order chi connectivity index (χ1) is 15.2. The number of aryl methyl sites for hydroxylation is 1. The maximum atomic E-state index is 14.8. The number of nitrogens with zero attached hydrogens (tertiary/aromatic N) is 2. The smallest absolute Gasteiger partial charge is 0.233 e. The summed E-state index contributed by atoms with van der Waals surface area (Å²) in [7, 11) is 0. The van der Waals surface area contributed by atoms with Crippen LogP contribution in [0.25, 0.3) is 11.3 Å². The Morgan fingerprint density at radius 1 is 0.903 bits per heavy atom. The molecule has 0 radical (unpaired) electrons. The number of ether oxygens (including phenoxy) is 1. The highest BCUT2D eigenvalue weighted by atomic mass is 19.1. The number of hydrogen-bond acceptors (Lipinski definition) is 3. The first-order valence-corrected chi connectivity index (χ1v) is 12.4. The number of hydrogen-bond donors (Lipinski definition) is 0. The van der Waals surface area contributed by atoms with E-state index >= 15 is 0 Å². The van der Waals surface area contributed by atoms with E-state index in [1.165, 1.54) is 64.2 Å². The molecule has 0 bridgehead atoms. The van der Waals surface area contributed by atoms with Gasteiger partial charge in [-0.1, -0.05) is 77.7 Å². The molecule has 31 heavy (non-hydrogen) atoms. The second kappa shape index (κ2) is 12.8. The molecule has 3 rings (SSSR count). The molecule has 0 amide bonds. The number of benzene rings is 1. The molecule has 1 aromatic heterocycles. The van der Waals surface area contributed by atoms with Crippen molar-refractivity contribution in [3.8, 4) is 17.1 Å². The van der Waals surface area contributed by atoms with Crippen LogP contribution in [0.15, 0.2) is 30.3 Å². The van der Waals surface area contributed by atoms with Crippen molar-refractivity contribution in [2.75, 3.05) is 6.61 Å². The fourth-order valence-electron chi connectivity index (χ4n) is 4.64. The van der Waals surface area contributed by atoms with Crippen LogP contribution in [-0.4, -0.2) is 16.8 Å². The van der Waals surface area contributed by atoms with Gasteiger partial charge >= 0.3 is 0 Å². The average Bonchev–Trinajstić information content (AvgIpc) is 2.81. The molecule has 3 nitrogen and oxygen atoms in total. The molecule has 1 heterocycles. The van der Waals surface area contributed by atoms with E-state index in [0.29, 0.717) is 23.7 Å². The molecular weight excluding hydrogens is 387 g/mol. The van der Waals surface area contributed by atoms with Crippen LogP contribution in [-0.2, 0) is 6.42 Å². The van der Waals surface area contributed by atoms with E-state index in [1.54, 1.807) is 18.2 Å². The zero-order chi connectivity index (χ0) is 21.9. The third kappa shape index (κ3) is 7.59. The molecule has 0 N–H and O–H groups in total. The molecule has 0 aliphatic heterocycles. The highest BCUT2D eigenvalue weighted by Crippen LogP contribution is 2.33. The Labute approximate surface area is 187 Å². The van der Waals surface area contributed by atoms with E-state index in [-0.39, 0.29) is 5.82 Å². The van der Waals surface area contributed by atoms with E-state index in [4.69, 9.17) is 4.74 Å². The van der Waals surface area contributed by atoms with E-state index < -0.39 is 0 Å². The maximum Gasteiger partial charge on any atom is 0.233 e. The molecule has 2 aromatic rings. The van der Waals surface area contributed by atoms with Crippen LogP contribution in [0.4, 0.5) is 4.39 Å². The van der Waals surface area contributed by atoms with Gasteiger partial charge in [-0.25, -0.2) is 4.39 Å². The Bertz CT molecular complexity index is 769. The second-order valence-electron chi connectivity index (χ2n) is 9.17. The summed E-state index contributed by atoms with van der Waals surface area (Å²) in [6.45, 7) is 5.17. The lowest BCUT2D eigenvalue weighted by Crippen LogP contribution is -2.14. The summed E-state index contributed by atoms with van der Waals surface area (Å²) in [5.74, 6) is 2.02. The molecule has 1 saturated carbocycles. The molecule has 4 heteroatoms. The van der Waals surface area contributed by atoms with Gasteiger partial charge in [0.1, 0.15) is 5.82 Å². The van der Waals surface area contributed by atoms with Crippen LogP contribution in [0.2, 0.25) is 0 Å². The van der Waals surface area contributed by atoms with Gasteiger partial charge in [0.2, 0.25) is 5.88 Å². The Kier molecular flexibility index (Phi) is 9.77. The molecule has 0 unspecified atom stereocenters. The van der Waals surface area contributed by atoms with Crippen LogP contribution in [0.1, 0.15) is 90.0 Å². The summed E-state index contributed by atoms with van der Waals surface area (Å²) in [6, 6.07) is 9.14. The van der Waals surface area contributed by atoms with Crippen molar-refractivity contribution in [1.82, 2.24) is 10.2 Å². The Hall–Kier alpha value is -1.97. The first kappa shape index (κ1) is 23.7. The number of halogens is 1. The minimum Gasteiger partial charge on any atom is -0.477 e. The second-order valence-corrected chi connectivity index (χ2v) is 9.17. The summed E-state index contributed by atoms with van der Waals surface area (Å²) >= 11 is 0. The van der Waals surface area contributed by atoms with Crippen LogP contribution >= 0.6 is 0 Å². The third-order valence-corrected chi connectivity index (χ3v) is 6.83. The zero-order valence-electron chi connectivity index (χ0n) is 19.4. The SMILES string of the molecule is CCCCCCCOc1ccc(-c2ccc(CCC3CCC(CC)CC3)cc2F)nn1. The molecule has 170 valence electrons. The van der Waals surface area contributed by atoms with Crippen LogP contribution in [0.5, 0.6) is 5.88 Å². The fraction of sp³-hybridized carbons (Fsp3) is 0.630. The van der Waals surface area contributed by atoms with Crippen LogP contribution < -0.4 is 4.74 Å². The van der Waals surface area contributed by atoms with Gasteiger partial charge in [-0.2, -0.15) is 0 Å². The van der Waals surface area contributed by atoms with Gasteiger partial charge < -0.3 is 4.74 Å². The van der Waals surface area contributed by atoms with Gasteiger partial charge in [0.05, 0.1) is 12.3 Å². The van der Waals surface area contributed by atoms with E-state index in [2.05, 4.69) is 24.0 Å². The highest BCUT2D eigenvalue weighted by Gasteiger charge is 2.20. The summed E-state index contributed by atoms with van der Waals surface area (Å²) < 4.78 is 20.4. The summed E-state index contributed by atoms with van der Waals surface area (Å²) in [4.78, 5) is 0. The van der Waals surface area contributed by atoms with Crippen molar-refractivity contribution in [3.63, 3.8) is 0 Å². The summed E-state index contributed by atoms with van der Waals surface area (Å²) in [5, 5.41) is 8.31. The quantitative estimate of drug-likeness (QED) is 0.325. The third-order valence-electron chi connectivity index (χ3n) is 6.83. The molecule has 0 atom stereocenters. The standard InChI is InChI=1S/C27H39FN2O/c1-3-5-6-7-8-19-31-27-18-17-26(29-30-27)24-16-15-23(20-25(24)28)14-13-22-11-9-21(4-2)10-12-22/h15-18,20-22H,3-14,19H2,1-2H3. The van der Waals surface area contributed by atoms with Crippen LogP contribution in [0.3, 0.4) is 0 Å². The number of unbranched alkanes of at least 4 members (excludes halogenated alkanes) is 4. The largest absolute Gasteiger partial charge is 0.477 e. The zero-order valence-corrected chi connectivity index (χ0v) is 19.4. The van der Waals surface area contributed by atoms with Gasteiger partial charge in [0, 0.05) is 11.6 Å². The molecule has 0 spiro atoms. The maximum absolute atomic E-state index is 14.8. The van der Waals surface area contributed by atoms with Crippen molar-refractivity contribution >= 4 is 0 Å². The summed E-state index contributed by atoms with van der Waals surface area (Å²) in [5.41, 5.74) is 2.14. The fourth-order valence-corrected chi connectivity index (χ4v) is 4.64. The molecule has 1 aliphatic carbocycles. The topological polar surface area (TPSA) is 35.0 Å². The van der Waals surface area contributed by atoms with E-state index in [9.17, 15) is 4.39 Å². The van der Waals surface area contributed by atoms with Gasteiger partial charge in [-0.15, -0.1) is 10.2 Å². The lowest BCUT2D eigenvalue weighted by Gasteiger charge is -2.27. The monoisotopic (exact) mass is 426 g/mol. The molecule has 1 aromatic carbocycles. The van der Waals surface area contributed by atoms with Crippen molar-refractivity contribution < 1.29 is 9.13 Å². The van der Waals surface area contributed by atoms with Gasteiger partial charge in [-0.05, 0) is 54.9 Å². The predicted octanol–water partition coefficient (Wildman–Crippen LogP) is 7.78. The Balaban J connectivity index is 1.47.